The van der Waals surface area contributed by atoms with Gasteiger partial charge in [0.25, 0.3) is 0 Å². The summed E-state index contributed by atoms with van der Waals surface area (Å²) in [5.74, 6) is -0.0420. The minimum Gasteiger partial charge on any atom is -0.360 e. The summed E-state index contributed by atoms with van der Waals surface area (Å²) < 4.78 is 0.791. The molecule has 0 saturated heterocycles. The van der Waals surface area contributed by atoms with E-state index in [4.69, 9.17) is 0 Å². The van der Waals surface area contributed by atoms with Crippen molar-refractivity contribution in [1.82, 2.24) is 10.2 Å². The molecule has 2 N–H and O–H groups in total. The fourth-order valence-electron chi connectivity index (χ4n) is 2.33. The number of nitrogens with one attached hydrogen (secondary N) is 2. The SMILES string of the molecule is CCCNc1nnc(SC(C)C(=O)Nc2cccc3ccccc23)s1. The molecule has 25 heavy (non-hydrogen) atoms. The van der Waals surface area contributed by atoms with Crippen molar-refractivity contribution in [2.45, 2.75) is 29.9 Å². The van der Waals surface area contributed by atoms with Crippen molar-refractivity contribution < 1.29 is 4.79 Å². The highest BCUT2D eigenvalue weighted by Crippen LogP contribution is 2.30. The van der Waals surface area contributed by atoms with Crippen LogP contribution in [0.1, 0.15) is 20.3 Å². The van der Waals surface area contributed by atoms with E-state index in [1.165, 1.54) is 23.1 Å². The molecular weight excluding hydrogens is 352 g/mol. The zero-order chi connectivity index (χ0) is 17.6. The van der Waals surface area contributed by atoms with Gasteiger partial charge >= 0.3 is 0 Å². The quantitative estimate of drug-likeness (QED) is 0.592. The summed E-state index contributed by atoms with van der Waals surface area (Å²) in [6.45, 7) is 4.85. The minimum absolute atomic E-state index is 0.0420. The summed E-state index contributed by atoms with van der Waals surface area (Å²) in [4.78, 5) is 12.5. The lowest BCUT2D eigenvalue weighted by Gasteiger charge is -2.12. The maximum atomic E-state index is 12.5. The molecule has 1 amide bonds. The maximum Gasteiger partial charge on any atom is 0.237 e. The first-order chi connectivity index (χ1) is 12.2. The van der Waals surface area contributed by atoms with Crippen LogP contribution < -0.4 is 10.6 Å². The Balaban J connectivity index is 1.65. The highest BCUT2D eigenvalue weighted by molar-refractivity contribution is 8.02. The van der Waals surface area contributed by atoms with Crippen LogP contribution in [0, 0.1) is 0 Å². The molecule has 3 rings (SSSR count). The predicted octanol–water partition coefficient (Wildman–Crippen LogP) is 4.63. The molecule has 0 aliphatic heterocycles. The van der Waals surface area contributed by atoms with Gasteiger partial charge in [-0.2, -0.15) is 0 Å². The molecule has 0 radical (unpaired) electrons. The van der Waals surface area contributed by atoms with E-state index in [1.54, 1.807) is 0 Å². The number of fused-ring (bicyclic) bond motifs is 1. The molecule has 130 valence electrons. The number of benzene rings is 2. The lowest BCUT2D eigenvalue weighted by Crippen LogP contribution is -2.22. The van der Waals surface area contributed by atoms with E-state index in [9.17, 15) is 4.79 Å². The summed E-state index contributed by atoms with van der Waals surface area (Å²) >= 11 is 2.90. The molecule has 1 aromatic heterocycles. The van der Waals surface area contributed by atoms with Gasteiger partial charge in [0.2, 0.25) is 11.0 Å². The number of rotatable bonds is 7. The Bertz CT molecular complexity index is 860. The lowest BCUT2D eigenvalue weighted by molar-refractivity contribution is -0.115. The zero-order valence-corrected chi connectivity index (χ0v) is 15.8. The molecule has 0 saturated carbocycles. The Morgan fingerprint density at radius 3 is 2.84 bits per heavy atom. The number of anilines is 2. The Morgan fingerprint density at radius 1 is 1.20 bits per heavy atom. The molecule has 0 fully saturated rings. The van der Waals surface area contributed by atoms with Gasteiger partial charge in [0.1, 0.15) is 0 Å². The van der Waals surface area contributed by atoms with E-state index in [0.29, 0.717) is 0 Å². The Hall–Kier alpha value is -2.12. The Labute approximate surface area is 155 Å². The molecule has 1 heterocycles. The van der Waals surface area contributed by atoms with Crippen LogP contribution in [0.15, 0.2) is 46.8 Å². The van der Waals surface area contributed by atoms with Crippen LogP contribution in [-0.2, 0) is 4.79 Å². The smallest absolute Gasteiger partial charge is 0.237 e. The summed E-state index contributed by atoms with van der Waals surface area (Å²) in [6, 6.07) is 13.9. The van der Waals surface area contributed by atoms with E-state index < -0.39 is 0 Å². The monoisotopic (exact) mass is 372 g/mol. The van der Waals surface area contributed by atoms with Gasteiger partial charge in [0.05, 0.1) is 5.25 Å². The average Bonchev–Trinajstić information content (AvgIpc) is 3.07. The Kier molecular flexibility index (Phi) is 5.88. The van der Waals surface area contributed by atoms with Crippen molar-refractivity contribution in [3.8, 4) is 0 Å². The van der Waals surface area contributed by atoms with E-state index in [-0.39, 0.29) is 11.2 Å². The number of thioether (sulfide) groups is 1. The molecule has 7 heteroatoms. The van der Waals surface area contributed by atoms with Gasteiger partial charge in [-0.15, -0.1) is 10.2 Å². The van der Waals surface area contributed by atoms with Gasteiger partial charge in [-0.1, -0.05) is 66.4 Å². The van der Waals surface area contributed by atoms with E-state index in [2.05, 4.69) is 27.8 Å². The fraction of sp³-hybridized carbons (Fsp3) is 0.278. The van der Waals surface area contributed by atoms with Gasteiger partial charge in [0.15, 0.2) is 4.34 Å². The topological polar surface area (TPSA) is 66.9 Å². The van der Waals surface area contributed by atoms with E-state index in [0.717, 1.165) is 38.9 Å². The fourth-order valence-corrected chi connectivity index (χ4v) is 4.26. The molecule has 3 aromatic rings. The van der Waals surface area contributed by atoms with Crippen LogP contribution in [0.4, 0.5) is 10.8 Å². The Morgan fingerprint density at radius 2 is 2.00 bits per heavy atom. The lowest BCUT2D eigenvalue weighted by atomic mass is 10.1. The number of carbonyl (C=O) groups is 1. The second-order valence-corrected chi connectivity index (χ2v) is 8.14. The number of amides is 1. The van der Waals surface area contributed by atoms with Gasteiger partial charge < -0.3 is 10.6 Å². The zero-order valence-electron chi connectivity index (χ0n) is 14.2. The third kappa shape index (κ3) is 4.49. The second-order valence-electron chi connectivity index (χ2n) is 5.58. The van der Waals surface area contributed by atoms with Crippen molar-refractivity contribution >= 4 is 50.6 Å². The van der Waals surface area contributed by atoms with Crippen molar-refractivity contribution in [3.63, 3.8) is 0 Å². The number of carbonyl (C=O) groups excluding carboxylic acids is 1. The third-order valence-electron chi connectivity index (χ3n) is 3.63. The summed E-state index contributed by atoms with van der Waals surface area (Å²) in [7, 11) is 0. The molecule has 0 spiro atoms. The van der Waals surface area contributed by atoms with Crippen LogP contribution in [-0.4, -0.2) is 27.9 Å². The van der Waals surface area contributed by atoms with Crippen LogP contribution in [0.2, 0.25) is 0 Å². The number of nitrogens with zero attached hydrogens (tertiary/aromatic N) is 2. The largest absolute Gasteiger partial charge is 0.360 e. The highest BCUT2D eigenvalue weighted by atomic mass is 32.2. The minimum atomic E-state index is -0.258. The van der Waals surface area contributed by atoms with Crippen molar-refractivity contribution in [2.75, 3.05) is 17.2 Å². The first kappa shape index (κ1) is 17.7. The molecule has 5 nitrogen and oxygen atoms in total. The van der Waals surface area contributed by atoms with Crippen molar-refractivity contribution in [1.29, 1.82) is 0 Å². The van der Waals surface area contributed by atoms with Crippen LogP contribution in [0.5, 0.6) is 0 Å². The summed E-state index contributed by atoms with van der Waals surface area (Å²) in [6.07, 6.45) is 1.03. The standard InChI is InChI=1S/C18H20N4OS2/c1-3-11-19-17-21-22-18(25-17)24-12(2)16(23)20-15-10-6-8-13-7-4-5-9-14(13)15/h4-10,12H,3,11H2,1-2H3,(H,19,21)(H,20,23). The molecule has 0 aliphatic rings. The van der Waals surface area contributed by atoms with Crippen LogP contribution in [0.3, 0.4) is 0 Å². The van der Waals surface area contributed by atoms with Crippen LogP contribution in [0.25, 0.3) is 10.8 Å². The van der Waals surface area contributed by atoms with Gasteiger partial charge in [-0.3, -0.25) is 4.79 Å². The van der Waals surface area contributed by atoms with E-state index in [1.807, 2.05) is 49.4 Å². The van der Waals surface area contributed by atoms with Gasteiger partial charge in [0, 0.05) is 17.6 Å². The number of hydrogen-bond acceptors (Lipinski definition) is 6. The first-order valence-electron chi connectivity index (χ1n) is 8.20. The van der Waals surface area contributed by atoms with Crippen molar-refractivity contribution in [2.24, 2.45) is 0 Å². The molecular formula is C18H20N4OS2. The normalized spacial score (nSPS) is 12.1. The van der Waals surface area contributed by atoms with Gasteiger partial charge in [-0.25, -0.2) is 0 Å². The molecule has 0 bridgehead atoms. The number of aromatic nitrogens is 2. The predicted molar refractivity (Wildman–Crippen MR) is 107 cm³/mol. The second kappa shape index (κ2) is 8.31. The maximum absolute atomic E-state index is 12.5. The third-order valence-corrected chi connectivity index (χ3v) is 5.69. The average molecular weight is 373 g/mol. The molecule has 0 aliphatic carbocycles. The van der Waals surface area contributed by atoms with Crippen molar-refractivity contribution in [3.05, 3.63) is 42.5 Å². The number of hydrogen-bond donors (Lipinski definition) is 2. The van der Waals surface area contributed by atoms with Gasteiger partial charge in [-0.05, 0) is 24.8 Å². The summed E-state index contributed by atoms with van der Waals surface area (Å²) in [5, 5.41) is 17.2. The van der Waals surface area contributed by atoms with Crippen LogP contribution >= 0.6 is 23.1 Å². The molecule has 1 unspecified atom stereocenters. The molecule has 1 atom stereocenters. The highest BCUT2D eigenvalue weighted by Gasteiger charge is 2.18. The van der Waals surface area contributed by atoms with E-state index >= 15 is 0 Å². The summed E-state index contributed by atoms with van der Waals surface area (Å²) in [5.41, 5.74) is 0.832. The first-order valence-corrected chi connectivity index (χ1v) is 9.89. The molecule has 2 aromatic carbocycles.